The number of fused-ring (bicyclic) bond motifs is 3. The van der Waals surface area contributed by atoms with Crippen LogP contribution in [0, 0.1) is 0 Å². The van der Waals surface area contributed by atoms with E-state index in [1.807, 2.05) is 6.07 Å². The van der Waals surface area contributed by atoms with Gasteiger partial charge in [0.05, 0.1) is 7.11 Å². The third-order valence-electron chi connectivity index (χ3n) is 4.07. The molecule has 0 saturated heterocycles. The Balaban J connectivity index is 1.97. The molecular formula is C18H19NO2. The Morgan fingerprint density at radius 2 is 1.90 bits per heavy atom. The van der Waals surface area contributed by atoms with E-state index in [0.29, 0.717) is 12.5 Å². The van der Waals surface area contributed by atoms with Crippen LogP contribution in [0.4, 0.5) is 0 Å². The van der Waals surface area contributed by atoms with Gasteiger partial charge in [0.1, 0.15) is 5.75 Å². The number of amides is 1. The van der Waals surface area contributed by atoms with Crippen LogP contribution in [0.25, 0.3) is 11.1 Å². The number of methoxy groups -OCH3 is 1. The van der Waals surface area contributed by atoms with E-state index < -0.39 is 0 Å². The van der Waals surface area contributed by atoms with Crippen LogP contribution in [-0.2, 0) is 4.79 Å². The second-order valence-corrected chi connectivity index (χ2v) is 5.36. The molecule has 0 bridgehead atoms. The van der Waals surface area contributed by atoms with Crippen LogP contribution in [0.2, 0.25) is 0 Å². The third-order valence-corrected chi connectivity index (χ3v) is 4.07. The molecular weight excluding hydrogens is 262 g/mol. The van der Waals surface area contributed by atoms with Gasteiger partial charge in [0.15, 0.2) is 0 Å². The number of benzene rings is 2. The largest absolute Gasteiger partial charge is 0.497 e. The van der Waals surface area contributed by atoms with Crippen molar-refractivity contribution in [1.29, 1.82) is 0 Å². The summed E-state index contributed by atoms with van der Waals surface area (Å²) in [6.45, 7) is 2.24. The second kappa shape index (κ2) is 5.60. The summed E-state index contributed by atoms with van der Waals surface area (Å²) in [6.07, 6.45) is 0.900. The fourth-order valence-electron chi connectivity index (χ4n) is 3.12. The van der Waals surface area contributed by atoms with E-state index in [4.69, 9.17) is 4.74 Å². The number of nitrogens with one attached hydrogen (secondary N) is 1. The fourth-order valence-corrected chi connectivity index (χ4v) is 3.12. The van der Waals surface area contributed by atoms with Gasteiger partial charge in [-0.2, -0.15) is 0 Å². The lowest BCUT2D eigenvalue weighted by atomic mass is 9.93. The van der Waals surface area contributed by atoms with Crippen LogP contribution >= 0.6 is 0 Å². The smallest absolute Gasteiger partial charge is 0.216 e. The van der Waals surface area contributed by atoms with Crippen molar-refractivity contribution in [1.82, 2.24) is 5.32 Å². The zero-order chi connectivity index (χ0) is 14.8. The summed E-state index contributed by atoms with van der Waals surface area (Å²) >= 11 is 0. The van der Waals surface area contributed by atoms with Crippen LogP contribution in [0.15, 0.2) is 42.5 Å². The maximum Gasteiger partial charge on any atom is 0.216 e. The van der Waals surface area contributed by atoms with Crippen molar-refractivity contribution in [3.63, 3.8) is 0 Å². The van der Waals surface area contributed by atoms with Gasteiger partial charge in [0.25, 0.3) is 0 Å². The molecule has 1 aliphatic carbocycles. The predicted octanol–water partition coefficient (Wildman–Crippen LogP) is 3.33. The number of ether oxygens (including phenoxy) is 1. The summed E-state index contributed by atoms with van der Waals surface area (Å²) in [4.78, 5) is 11.1. The topological polar surface area (TPSA) is 38.3 Å². The van der Waals surface area contributed by atoms with Gasteiger partial charge in [-0.1, -0.05) is 30.3 Å². The Labute approximate surface area is 124 Å². The van der Waals surface area contributed by atoms with E-state index in [1.54, 1.807) is 14.0 Å². The summed E-state index contributed by atoms with van der Waals surface area (Å²) in [7, 11) is 1.69. The molecule has 21 heavy (non-hydrogen) atoms. The van der Waals surface area contributed by atoms with E-state index in [0.717, 1.165) is 12.2 Å². The zero-order valence-corrected chi connectivity index (χ0v) is 12.3. The summed E-state index contributed by atoms with van der Waals surface area (Å²) in [5.74, 6) is 1.22. The standard InChI is InChI=1S/C18H19NO2/c1-12(20)19-10-9-17-15-6-4-3-5-14(15)16-8-7-13(21-2)11-18(16)17/h3-8,11,17H,9-10H2,1-2H3,(H,19,20). The van der Waals surface area contributed by atoms with Gasteiger partial charge in [-0.25, -0.2) is 0 Å². The van der Waals surface area contributed by atoms with Crippen molar-refractivity contribution in [3.8, 4) is 16.9 Å². The Hall–Kier alpha value is -2.29. The molecule has 0 heterocycles. The first-order chi connectivity index (χ1) is 10.2. The molecule has 1 amide bonds. The van der Waals surface area contributed by atoms with Crippen molar-refractivity contribution in [2.45, 2.75) is 19.3 Å². The van der Waals surface area contributed by atoms with Crippen LogP contribution in [0.1, 0.15) is 30.4 Å². The lowest BCUT2D eigenvalue weighted by Gasteiger charge is -2.14. The zero-order valence-electron chi connectivity index (χ0n) is 12.3. The average molecular weight is 281 g/mol. The Morgan fingerprint density at radius 3 is 2.67 bits per heavy atom. The summed E-state index contributed by atoms with van der Waals surface area (Å²) < 4.78 is 5.36. The predicted molar refractivity (Wildman–Crippen MR) is 83.6 cm³/mol. The molecule has 0 aromatic heterocycles. The number of carbonyl (C=O) groups is 1. The van der Waals surface area contributed by atoms with Crippen molar-refractivity contribution >= 4 is 5.91 Å². The molecule has 0 saturated carbocycles. The molecule has 1 aliphatic rings. The highest BCUT2D eigenvalue weighted by molar-refractivity contribution is 5.79. The van der Waals surface area contributed by atoms with E-state index in [-0.39, 0.29) is 5.91 Å². The van der Waals surface area contributed by atoms with Crippen molar-refractivity contribution < 1.29 is 9.53 Å². The molecule has 0 fully saturated rings. The van der Waals surface area contributed by atoms with E-state index in [9.17, 15) is 4.79 Å². The van der Waals surface area contributed by atoms with Gasteiger partial charge in [0, 0.05) is 19.4 Å². The molecule has 0 spiro atoms. The van der Waals surface area contributed by atoms with Gasteiger partial charge < -0.3 is 10.1 Å². The minimum absolute atomic E-state index is 0.0205. The molecule has 108 valence electrons. The molecule has 0 radical (unpaired) electrons. The minimum Gasteiger partial charge on any atom is -0.497 e. The normalized spacial score (nSPS) is 15.2. The van der Waals surface area contributed by atoms with Crippen molar-refractivity contribution in [2.75, 3.05) is 13.7 Å². The van der Waals surface area contributed by atoms with Crippen molar-refractivity contribution in [2.24, 2.45) is 0 Å². The van der Waals surface area contributed by atoms with Crippen LogP contribution in [-0.4, -0.2) is 19.6 Å². The molecule has 1 unspecified atom stereocenters. The van der Waals surface area contributed by atoms with Gasteiger partial charge in [-0.05, 0) is 40.8 Å². The molecule has 1 atom stereocenters. The van der Waals surface area contributed by atoms with E-state index >= 15 is 0 Å². The monoisotopic (exact) mass is 281 g/mol. The first-order valence-electron chi connectivity index (χ1n) is 7.22. The maximum absolute atomic E-state index is 11.1. The fraction of sp³-hybridized carbons (Fsp3) is 0.278. The SMILES string of the molecule is COc1ccc2c(c1)C(CCNC(C)=O)c1ccccc1-2. The van der Waals surface area contributed by atoms with Crippen LogP contribution < -0.4 is 10.1 Å². The molecule has 3 nitrogen and oxygen atoms in total. The Bertz CT molecular complexity index is 679. The van der Waals surface area contributed by atoms with Gasteiger partial charge in [-0.3, -0.25) is 4.79 Å². The Morgan fingerprint density at radius 1 is 1.14 bits per heavy atom. The number of rotatable bonds is 4. The molecule has 3 heteroatoms. The van der Waals surface area contributed by atoms with Gasteiger partial charge in [0.2, 0.25) is 5.91 Å². The lowest BCUT2D eigenvalue weighted by molar-refractivity contribution is -0.118. The minimum atomic E-state index is 0.0205. The number of hydrogen-bond acceptors (Lipinski definition) is 2. The molecule has 0 aliphatic heterocycles. The van der Waals surface area contributed by atoms with Gasteiger partial charge >= 0.3 is 0 Å². The van der Waals surface area contributed by atoms with Crippen LogP contribution in [0.3, 0.4) is 0 Å². The molecule has 3 rings (SSSR count). The van der Waals surface area contributed by atoms with E-state index in [2.05, 4.69) is 41.7 Å². The highest BCUT2D eigenvalue weighted by atomic mass is 16.5. The maximum atomic E-state index is 11.1. The number of carbonyl (C=O) groups excluding carboxylic acids is 1. The first kappa shape index (κ1) is 13.7. The van der Waals surface area contributed by atoms with Crippen molar-refractivity contribution in [3.05, 3.63) is 53.6 Å². The molecule has 1 N–H and O–H groups in total. The average Bonchev–Trinajstić information content (AvgIpc) is 2.81. The summed E-state index contributed by atoms with van der Waals surface area (Å²) in [5, 5.41) is 2.89. The first-order valence-corrected chi connectivity index (χ1v) is 7.22. The van der Waals surface area contributed by atoms with Gasteiger partial charge in [-0.15, -0.1) is 0 Å². The van der Waals surface area contributed by atoms with E-state index in [1.165, 1.54) is 22.3 Å². The molecule has 2 aromatic carbocycles. The third kappa shape index (κ3) is 2.51. The molecule has 2 aromatic rings. The summed E-state index contributed by atoms with van der Waals surface area (Å²) in [6, 6.07) is 14.8. The summed E-state index contributed by atoms with van der Waals surface area (Å²) in [5.41, 5.74) is 5.20. The number of hydrogen-bond donors (Lipinski definition) is 1. The second-order valence-electron chi connectivity index (χ2n) is 5.36. The quantitative estimate of drug-likeness (QED) is 0.933. The Kier molecular flexibility index (Phi) is 3.65. The highest BCUT2D eigenvalue weighted by Crippen LogP contribution is 2.47. The highest BCUT2D eigenvalue weighted by Gasteiger charge is 2.28. The van der Waals surface area contributed by atoms with Crippen LogP contribution in [0.5, 0.6) is 5.75 Å². The lowest BCUT2D eigenvalue weighted by Crippen LogP contribution is -2.22.